The Balaban J connectivity index is 1.82. The number of anilines is 2. The highest BCUT2D eigenvalue weighted by atomic mass is 19.4. The van der Waals surface area contributed by atoms with E-state index in [2.05, 4.69) is 5.32 Å². The second-order valence-corrected chi connectivity index (χ2v) is 7.06. The van der Waals surface area contributed by atoms with Crippen molar-refractivity contribution in [1.29, 1.82) is 0 Å². The van der Waals surface area contributed by atoms with Crippen molar-refractivity contribution in [2.75, 3.05) is 36.5 Å². The Bertz CT molecular complexity index is 1040. The third kappa shape index (κ3) is 5.01. The first-order chi connectivity index (χ1) is 15.1. The van der Waals surface area contributed by atoms with Gasteiger partial charge in [-0.2, -0.15) is 13.2 Å². The van der Waals surface area contributed by atoms with Crippen molar-refractivity contribution in [3.8, 4) is 5.75 Å². The van der Waals surface area contributed by atoms with E-state index in [9.17, 15) is 27.6 Å². The number of fused-ring (bicyclic) bond motifs is 1. The molecule has 0 spiro atoms. The fourth-order valence-electron chi connectivity index (χ4n) is 3.32. The van der Waals surface area contributed by atoms with Gasteiger partial charge < -0.3 is 15.0 Å². The van der Waals surface area contributed by atoms with Crippen LogP contribution in [0.1, 0.15) is 29.8 Å². The zero-order valence-corrected chi connectivity index (χ0v) is 17.5. The van der Waals surface area contributed by atoms with Gasteiger partial charge >= 0.3 is 6.18 Å². The van der Waals surface area contributed by atoms with Gasteiger partial charge in [0.05, 0.1) is 11.3 Å². The van der Waals surface area contributed by atoms with E-state index in [1.807, 2.05) is 13.8 Å². The summed E-state index contributed by atoms with van der Waals surface area (Å²) in [4.78, 5) is 40.4. The van der Waals surface area contributed by atoms with Crippen molar-refractivity contribution in [3.63, 3.8) is 0 Å². The van der Waals surface area contributed by atoms with Crippen LogP contribution in [-0.2, 0) is 15.8 Å². The summed E-state index contributed by atoms with van der Waals surface area (Å²) in [7, 11) is 0. The molecule has 7 nitrogen and oxygen atoms in total. The summed E-state index contributed by atoms with van der Waals surface area (Å²) in [6.07, 6.45) is -4.55. The Hall–Kier alpha value is -3.56. The van der Waals surface area contributed by atoms with Gasteiger partial charge in [0.25, 0.3) is 11.8 Å². The molecule has 1 aliphatic rings. The molecule has 0 bridgehead atoms. The van der Waals surface area contributed by atoms with E-state index in [-0.39, 0.29) is 23.9 Å². The van der Waals surface area contributed by atoms with Crippen LogP contribution in [0.5, 0.6) is 5.75 Å². The Morgan fingerprint density at radius 2 is 1.84 bits per heavy atom. The lowest BCUT2D eigenvalue weighted by molar-refractivity contribution is -0.137. The van der Waals surface area contributed by atoms with Crippen LogP contribution >= 0.6 is 0 Å². The van der Waals surface area contributed by atoms with Crippen LogP contribution in [0.15, 0.2) is 42.5 Å². The smallest absolute Gasteiger partial charge is 0.416 e. The van der Waals surface area contributed by atoms with Crippen molar-refractivity contribution in [2.24, 2.45) is 0 Å². The maximum absolute atomic E-state index is 12.9. The molecule has 0 radical (unpaired) electrons. The van der Waals surface area contributed by atoms with Gasteiger partial charge in [0.2, 0.25) is 5.91 Å². The van der Waals surface area contributed by atoms with Gasteiger partial charge in [0, 0.05) is 24.3 Å². The molecule has 0 aliphatic carbocycles. The van der Waals surface area contributed by atoms with Crippen molar-refractivity contribution < 1.29 is 32.3 Å². The fourth-order valence-corrected chi connectivity index (χ4v) is 3.32. The molecule has 2 aromatic carbocycles. The van der Waals surface area contributed by atoms with Crippen molar-refractivity contribution in [3.05, 3.63) is 53.6 Å². The fraction of sp³-hybridized carbons (Fsp3) is 0.318. The van der Waals surface area contributed by atoms with Crippen LogP contribution in [0.3, 0.4) is 0 Å². The highest BCUT2D eigenvalue weighted by molar-refractivity contribution is 6.06. The van der Waals surface area contributed by atoms with Gasteiger partial charge in [-0.3, -0.25) is 19.3 Å². The summed E-state index contributed by atoms with van der Waals surface area (Å²) in [6, 6.07) is 8.82. The second kappa shape index (κ2) is 9.29. The third-order valence-electron chi connectivity index (χ3n) is 4.97. The summed E-state index contributed by atoms with van der Waals surface area (Å²) in [5, 5.41) is 2.38. The van der Waals surface area contributed by atoms with Gasteiger partial charge in [0.1, 0.15) is 12.3 Å². The van der Waals surface area contributed by atoms with Crippen molar-refractivity contribution in [2.45, 2.75) is 20.0 Å². The minimum atomic E-state index is -4.55. The zero-order valence-electron chi connectivity index (χ0n) is 17.5. The normalized spacial score (nSPS) is 13.3. The van der Waals surface area contributed by atoms with Crippen molar-refractivity contribution in [1.82, 2.24) is 4.90 Å². The predicted octanol–water partition coefficient (Wildman–Crippen LogP) is 3.55. The summed E-state index contributed by atoms with van der Waals surface area (Å²) >= 11 is 0. The molecule has 170 valence electrons. The van der Waals surface area contributed by atoms with E-state index in [0.717, 1.165) is 17.0 Å². The number of ether oxygens (including phenoxy) is 1. The topological polar surface area (TPSA) is 79.0 Å². The van der Waals surface area contributed by atoms with Crippen LogP contribution in [0.4, 0.5) is 24.5 Å². The van der Waals surface area contributed by atoms with Crippen LogP contribution in [0.2, 0.25) is 0 Å². The number of nitrogens with one attached hydrogen (secondary N) is 1. The zero-order chi connectivity index (χ0) is 23.5. The molecule has 0 unspecified atom stereocenters. The number of carbonyl (C=O) groups is 3. The molecular formula is C22H22F3N3O4. The number of rotatable bonds is 6. The van der Waals surface area contributed by atoms with Gasteiger partial charge in [-0.1, -0.05) is 6.07 Å². The Labute approximate surface area is 182 Å². The molecule has 0 atom stereocenters. The van der Waals surface area contributed by atoms with Crippen LogP contribution in [0.25, 0.3) is 0 Å². The molecule has 3 rings (SSSR count). The molecule has 1 N–H and O–H groups in total. The number of amides is 3. The quantitative estimate of drug-likeness (QED) is 0.732. The van der Waals surface area contributed by atoms with Crippen LogP contribution < -0.4 is 15.0 Å². The number of alkyl halides is 3. The molecule has 2 aromatic rings. The SMILES string of the molecule is CCN(CC)C(=O)c1ccc2c(c1)N(CC(=O)Nc1cccc(C(F)(F)F)c1)C(=O)CO2. The highest BCUT2D eigenvalue weighted by Crippen LogP contribution is 2.34. The molecule has 0 fully saturated rings. The summed E-state index contributed by atoms with van der Waals surface area (Å²) in [5.41, 5.74) is -0.369. The molecule has 10 heteroatoms. The highest BCUT2D eigenvalue weighted by Gasteiger charge is 2.31. The molecule has 0 aromatic heterocycles. The summed E-state index contributed by atoms with van der Waals surface area (Å²) in [6.45, 7) is 3.95. The molecule has 1 heterocycles. The van der Waals surface area contributed by atoms with Gasteiger partial charge in [-0.15, -0.1) is 0 Å². The number of hydrogen-bond acceptors (Lipinski definition) is 4. The van der Waals surface area contributed by atoms with Crippen molar-refractivity contribution >= 4 is 29.1 Å². The Morgan fingerprint density at radius 1 is 1.12 bits per heavy atom. The van der Waals surface area contributed by atoms with E-state index >= 15 is 0 Å². The van der Waals surface area contributed by atoms with Gasteiger partial charge in [-0.05, 0) is 50.2 Å². The number of halogens is 3. The minimum absolute atomic E-state index is 0.0452. The third-order valence-corrected chi connectivity index (χ3v) is 4.97. The van der Waals surface area contributed by atoms with Gasteiger partial charge in [-0.25, -0.2) is 0 Å². The predicted molar refractivity (Wildman–Crippen MR) is 112 cm³/mol. The van der Waals surface area contributed by atoms with E-state index < -0.39 is 30.1 Å². The first kappa shape index (κ1) is 23.1. The van der Waals surface area contributed by atoms with E-state index in [0.29, 0.717) is 24.4 Å². The average molecular weight is 449 g/mol. The monoisotopic (exact) mass is 449 g/mol. The molecule has 1 aliphatic heterocycles. The van der Waals surface area contributed by atoms with E-state index in [1.165, 1.54) is 18.2 Å². The first-order valence-corrected chi connectivity index (χ1v) is 9.97. The summed E-state index contributed by atoms with van der Waals surface area (Å²) < 4.78 is 44.1. The molecule has 32 heavy (non-hydrogen) atoms. The Kier molecular flexibility index (Phi) is 6.71. The van der Waals surface area contributed by atoms with Crippen LogP contribution in [0, 0.1) is 0 Å². The first-order valence-electron chi connectivity index (χ1n) is 9.97. The minimum Gasteiger partial charge on any atom is -0.482 e. The summed E-state index contributed by atoms with van der Waals surface area (Å²) in [5.74, 6) is -1.10. The maximum atomic E-state index is 12.9. The van der Waals surface area contributed by atoms with Crippen LogP contribution in [-0.4, -0.2) is 48.9 Å². The molecule has 0 saturated carbocycles. The van der Waals surface area contributed by atoms with Gasteiger partial charge in [0.15, 0.2) is 6.61 Å². The average Bonchev–Trinajstić information content (AvgIpc) is 2.75. The largest absolute Gasteiger partial charge is 0.482 e. The van der Waals surface area contributed by atoms with E-state index in [4.69, 9.17) is 4.74 Å². The van der Waals surface area contributed by atoms with E-state index in [1.54, 1.807) is 17.0 Å². The second-order valence-electron chi connectivity index (χ2n) is 7.06. The standard InChI is InChI=1S/C22H22F3N3O4/c1-3-27(4-2)21(31)14-8-9-18-17(10-14)28(20(30)13-32-18)12-19(29)26-16-7-5-6-15(11-16)22(23,24)25/h5-11H,3-4,12-13H2,1-2H3,(H,26,29). The number of benzene rings is 2. The lowest BCUT2D eigenvalue weighted by atomic mass is 10.1. The number of hydrogen-bond donors (Lipinski definition) is 1. The molecule has 3 amide bonds. The lowest BCUT2D eigenvalue weighted by Crippen LogP contribution is -2.43. The maximum Gasteiger partial charge on any atom is 0.416 e. The molecule has 0 saturated heterocycles. The Morgan fingerprint density at radius 3 is 2.50 bits per heavy atom. The lowest BCUT2D eigenvalue weighted by Gasteiger charge is -2.29. The molecular weight excluding hydrogens is 427 g/mol. The number of nitrogens with zero attached hydrogens (tertiary/aromatic N) is 2. The number of carbonyl (C=O) groups excluding carboxylic acids is 3.